The maximum atomic E-state index is 11.7. The highest BCUT2D eigenvalue weighted by Crippen LogP contribution is 2.21. The van der Waals surface area contributed by atoms with Gasteiger partial charge in [0.2, 0.25) is 0 Å². The zero-order chi connectivity index (χ0) is 14.7. The van der Waals surface area contributed by atoms with Crippen LogP contribution in [0.1, 0.15) is 30.2 Å². The second kappa shape index (κ2) is 6.03. The van der Waals surface area contributed by atoms with E-state index in [1.54, 1.807) is 6.20 Å². The van der Waals surface area contributed by atoms with Gasteiger partial charge in [-0.15, -0.1) is 10.2 Å². The Kier molecular flexibility index (Phi) is 3.94. The smallest absolute Gasteiger partial charge is 0.308 e. The zero-order valence-electron chi connectivity index (χ0n) is 12.0. The average molecular weight is 286 g/mol. The van der Waals surface area contributed by atoms with E-state index < -0.39 is 0 Å². The molecule has 0 aliphatic carbocycles. The number of carbonyl (C=O) groups excluding carboxylic acids is 1. The molecular formula is C15H18N4O2. The van der Waals surface area contributed by atoms with Gasteiger partial charge in [-0.3, -0.25) is 9.78 Å². The van der Waals surface area contributed by atoms with Gasteiger partial charge in [-0.05, 0) is 25.0 Å². The van der Waals surface area contributed by atoms with Gasteiger partial charge in [-0.25, -0.2) is 0 Å². The summed E-state index contributed by atoms with van der Waals surface area (Å²) in [6.07, 6.45) is 4.75. The van der Waals surface area contributed by atoms with E-state index in [-0.39, 0.29) is 11.9 Å². The quantitative estimate of drug-likeness (QED) is 0.797. The Balaban J connectivity index is 1.77. The van der Waals surface area contributed by atoms with E-state index in [0.29, 0.717) is 6.42 Å². The standard InChI is InChI=1S/C15H18N4O2/c1-21-15(20)11-5-6-13-17-18-14(19(13)9-7-11)10-12-4-2-3-8-16-12/h2-4,8,11H,5-7,9-10H2,1H3. The van der Waals surface area contributed by atoms with Crippen molar-refractivity contribution in [1.29, 1.82) is 0 Å². The van der Waals surface area contributed by atoms with Crippen molar-refractivity contribution >= 4 is 5.97 Å². The van der Waals surface area contributed by atoms with Crippen LogP contribution in [-0.2, 0) is 28.9 Å². The number of rotatable bonds is 3. The van der Waals surface area contributed by atoms with Gasteiger partial charge in [0.05, 0.1) is 19.4 Å². The summed E-state index contributed by atoms with van der Waals surface area (Å²) in [6, 6.07) is 5.85. The lowest BCUT2D eigenvalue weighted by Gasteiger charge is -2.11. The molecule has 3 heterocycles. The van der Waals surface area contributed by atoms with Crippen LogP contribution in [0.15, 0.2) is 24.4 Å². The van der Waals surface area contributed by atoms with Crippen molar-refractivity contribution in [1.82, 2.24) is 19.7 Å². The van der Waals surface area contributed by atoms with Crippen LogP contribution in [0.2, 0.25) is 0 Å². The Morgan fingerprint density at radius 2 is 2.29 bits per heavy atom. The summed E-state index contributed by atoms with van der Waals surface area (Å²) in [7, 11) is 1.44. The first-order valence-corrected chi connectivity index (χ1v) is 7.16. The molecule has 1 unspecified atom stereocenters. The lowest BCUT2D eigenvalue weighted by atomic mass is 10.0. The number of aryl methyl sites for hydroxylation is 1. The van der Waals surface area contributed by atoms with E-state index in [9.17, 15) is 4.79 Å². The summed E-state index contributed by atoms with van der Waals surface area (Å²) in [4.78, 5) is 16.0. The van der Waals surface area contributed by atoms with Crippen molar-refractivity contribution < 1.29 is 9.53 Å². The second-order valence-electron chi connectivity index (χ2n) is 5.23. The molecule has 6 nitrogen and oxygen atoms in total. The first-order chi connectivity index (χ1) is 10.3. The van der Waals surface area contributed by atoms with Crippen molar-refractivity contribution in [3.63, 3.8) is 0 Å². The third-order valence-electron chi connectivity index (χ3n) is 3.92. The molecule has 1 aliphatic heterocycles. The van der Waals surface area contributed by atoms with Gasteiger partial charge in [-0.1, -0.05) is 6.07 Å². The SMILES string of the molecule is COC(=O)C1CCc2nnc(Cc3ccccn3)n2CC1. The molecule has 0 spiro atoms. The molecule has 2 aromatic rings. The Morgan fingerprint density at radius 1 is 1.38 bits per heavy atom. The summed E-state index contributed by atoms with van der Waals surface area (Å²) in [5.41, 5.74) is 0.974. The predicted molar refractivity (Wildman–Crippen MR) is 75.5 cm³/mol. The maximum absolute atomic E-state index is 11.7. The number of nitrogens with zero attached hydrogens (tertiary/aromatic N) is 4. The molecule has 0 aromatic carbocycles. The number of hydrogen-bond donors (Lipinski definition) is 0. The van der Waals surface area contributed by atoms with Crippen LogP contribution in [-0.4, -0.2) is 32.8 Å². The lowest BCUT2D eigenvalue weighted by molar-refractivity contribution is -0.145. The number of methoxy groups -OCH3 is 1. The number of esters is 1. The van der Waals surface area contributed by atoms with E-state index in [1.807, 2.05) is 18.2 Å². The number of carbonyl (C=O) groups is 1. The summed E-state index contributed by atoms with van der Waals surface area (Å²) < 4.78 is 6.97. The summed E-state index contributed by atoms with van der Waals surface area (Å²) in [6.45, 7) is 0.754. The third-order valence-corrected chi connectivity index (χ3v) is 3.92. The Bertz CT molecular complexity index is 624. The van der Waals surface area contributed by atoms with Gasteiger partial charge in [0.1, 0.15) is 11.6 Å². The van der Waals surface area contributed by atoms with E-state index in [0.717, 1.165) is 43.1 Å². The molecule has 0 radical (unpaired) electrons. The number of fused-ring (bicyclic) bond motifs is 1. The van der Waals surface area contributed by atoms with Gasteiger partial charge >= 0.3 is 5.97 Å². The summed E-state index contributed by atoms with van der Waals surface area (Å²) in [5.74, 6) is 1.70. The maximum Gasteiger partial charge on any atom is 0.308 e. The topological polar surface area (TPSA) is 69.9 Å². The fraction of sp³-hybridized carbons (Fsp3) is 0.467. The van der Waals surface area contributed by atoms with Crippen LogP contribution < -0.4 is 0 Å². The number of aromatic nitrogens is 4. The normalized spacial score (nSPS) is 17.9. The van der Waals surface area contributed by atoms with Crippen LogP contribution in [0.5, 0.6) is 0 Å². The lowest BCUT2D eigenvalue weighted by Crippen LogP contribution is -2.17. The van der Waals surface area contributed by atoms with Gasteiger partial charge in [0, 0.05) is 24.9 Å². The Labute approximate surface area is 123 Å². The van der Waals surface area contributed by atoms with Crippen molar-refractivity contribution in [2.45, 2.75) is 32.2 Å². The molecule has 0 saturated carbocycles. The van der Waals surface area contributed by atoms with Gasteiger partial charge in [0.15, 0.2) is 0 Å². The molecule has 1 atom stereocenters. The monoisotopic (exact) mass is 286 g/mol. The fourth-order valence-corrected chi connectivity index (χ4v) is 2.75. The van der Waals surface area contributed by atoms with Crippen molar-refractivity contribution in [3.05, 3.63) is 41.7 Å². The van der Waals surface area contributed by atoms with Crippen LogP contribution in [0, 0.1) is 5.92 Å². The minimum absolute atomic E-state index is 0.0422. The second-order valence-corrected chi connectivity index (χ2v) is 5.23. The van der Waals surface area contributed by atoms with Gasteiger partial charge in [-0.2, -0.15) is 0 Å². The van der Waals surface area contributed by atoms with Crippen molar-refractivity contribution in [3.8, 4) is 0 Å². The van der Waals surface area contributed by atoms with E-state index in [4.69, 9.17) is 4.74 Å². The molecule has 3 rings (SSSR count). The fourth-order valence-electron chi connectivity index (χ4n) is 2.75. The van der Waals surface area contributed by atoms with Crippen LogP contribution in [0.4, 0.5) is 0 Å². The Hall–Kier alpha value is -2.24. The minimum Gasteiger partial charge on any atom is -0.469 e. The molecule has 0 N–H and O–H groups in total. The molecule has 0 amide bonds. The molecule has 6 heteroatoms. The van der Waals surface area contributed by atoms with E-state index >= 15 is 0 Å². The van der Waals surface area contributed by atoms with E-state index in [2.05, 4.69) is 19.7 Å². The summed E-state index contributed by atoms with van der Waals surface area (Å²) >= 11 is 0. The van der Waals surface area contributed by atoms with E-state index in [1.165, 1.54) is 7.11 Å². The first kappa shape index (κ1) is 13.7. The van der Waals surface area contributed by atoms with Gasteiger partial charge in [0.25, 0.3) is 0 Å². The highest BCUT2D eigenvalue weighted by Gasteiger charge is 2.25. The minimum atomic E-state index is -0.125. The molecule has 1 aliphatic rings. The van der Waals surface area contributed by atoms with Crippen molar-refractivity contribution in [2.24, 2.45) is 5.92 Å². The molecule has 110 valence electrons. The molecular weight excluding hydrogens is 268 g/mol. The van der Waals surface area contributed by atoms with Crippen LogP contribution >= 0.6 is 0 Å². The number of hydrogen-bond acceptors (Lipinski definition) is 5. The molecule has 2 aromatic heterocycles. The average Bonchev–Trinajstić information content (AvgIpc) is 2.77. The van der Waals surface area contributed by atoms with Crippen LogP contribution in [0.25, 0.3) is 0 Å². The predicted octanol–water partition coefficient (Wildman–Crippen LogP) is 1.39. The molecule has 0 fully saturated rings. The van der Waals surface area contributed by atoms with Crippen LogP contribution in [0.3, 0.4) is 0 Å². The number of pyridine rings is 1. The first-order valence-electron chi connectivity index (χ1n) is 7.16. The Morgan fingerprint density at radius 3 is 3.05 bits per heavy atom. The van der Waals surface area contributed by atoms with Crippen molar-refractivity contribution in [2.75, 3.05) is 7.11 Å². The molecule has 0 bridgehead atoms. The highest BCUT2D eigenvalue weighted by atomic mass is 16.5. The molecule has 0 saturated heterocycles. The number of ether oxygens (including phenoxy) is 1. The zero-order valence-corrected chi connectivity index (χ0v) is 12.0. The highest BCUT2D eigenvalue weighted by molar-refractivity contribution is 5.72. The third kappa shape index (κ3) is 2.94. The van der Waals surface area contributed by atoms with Gasteiger partial charge < -0.3 is 9.30 Å². The summed E-state index contributed by atoms with van der Waals surface area (Å²) in [5, 5.41) is 8.55. The largest absolute Gasteiger partial charge is 0.469 e. The molecule has 21 heavy (non-hydrogen) atoms.